The normalized spacial score (nSPS) is 10.5. The Morgan fingerprint density at radius 2 is 2.04 bits per heavy atom. The van der Waals surface area contributed by atoms with Crippen molar-refractivity contribution in [1.82, 2.24) is 5.43 Å². The summed E-state index contributed by atoms with van der Waals surface area (Å²) in [6, 6.07) is 11.8. The van der Waals surface area contributed by atoms with Crippen LogP contribution in [0.4, 0.5) is 5.69 Å². The molecule has 2 rings (SSSR count). The van der Waals surface area contributed by atoms with Gasteiger partial charge in [-0.3, -0.25) is 9.59 Å². The van der Waals surface area contributed by atoms with Crippen LogP contribution in [0.15, 0.2) is 47.6 Å². The second-order valence-corrected chi connectivity index (χ2v) is 5.49. The standard InChI is InChI=1S/C18H18ClN3O3/c1-3-25-17-8-7-13(9-16(17)19)11-20-22-18(24)14-5-4-6-15(10-14)21-12(2)23/h4-11H,3H2,1-2H3,(H,21,23)(H,22,24)/b20-11-. The Balaban J connectivity index is 2.00. The Morgan fingerprint density at radius 3 is 2.72 bits per heavy atom. The molecule has 0 saturated heterocycles. The van der Waals surface area contributed by atoms with Crippen LogP contribution in [0.3, 0.4) is 0 Å². The Kier molecular flexibility index (Phi) is 6.54. The first-order valence-corrected chi connectivity index (χ1v) is 8.00. The van der Waals surface area contributed by atoms with Crippen LogP contribution in [0.5, 0.6) is 5.75 Å². The van der Waals surface area contributed by atoms with E-state index in [0.29, 0.717) is 28.6 Å². The lowest BCUT2D eigenvalue weighted by Crippen LogP contribution is -2.18. The van der Waals surface area contributed by atoms with Gasteiger partial charge in [0.2, 0.25) is 5.91 Å². The van der Waals surface area contributed by atoms with Crippen LogP contribution in [-0.2, 0) is 4.79 Å². The molecule has 0 saturated carbocycles. The molecule has 0 heterocycles. The predicted molar refractivity (Wildman–Crippen MR) is 98.4 cm³/mol. The third-order valence-corrected chi connectivity index (χ3v) is 3.38. The first-order valence-electron chi connectivity index (χ1n) is 7.63. The van der Waals surface area contributed by atoms with Crippen molar-refractivity contribution in [3.8, 4) is 5.75 Å². The molecule has 0 radical (unpaired) electrons. The van der Waals surface area contributed by atoms with Gasteiger partial charge in [-0.2, -0.15) is 5.10 Å². The molecule has 7 heteroatoms. The molecule has 0 bridgehead atoms. The van der Waals surface area contributed by atoms with Crippen LogP contribution >= 0.6 is 11.6 Å². The Bertz CT molecular complexity index is 806. The van der Waals surface area contributed by atoms with E-state index in [2.05, 4.69) is 15.8 Å². The highest BCUT2D eigenvalue weighted by Crippen LogP contribution is 2.24. The zero-order valence-electron chi connectivity index (χ0n) is 13.9. The summed E-state index contributed by atoms with van der Waals surface area (Å²) in [6.07, 6.45) is 1.48. The molecule has 0 aliphatic carbocycles. The van der Waals surface area contributed by atoms with Crippen LogP contribution in [0.25, 0.3) is 0 Å². The summed E-state index contributed by atoms with van der Waals surface area (Å²) >= 11 is 6.10. The molecule has 0 spiro atoms. The van der Waals surface area contributed by atoms with Crippen molar-refractivity contribution < 1.29 is 14.3 Å². The van der Waals surface area contributed by atoms with Gasteiger partial charge in [-0.05, 0) is 48.9 Å². The summed E-state index contributed by atoms with van der Waals surface area (Å²) < 4.78 is 5.35. The maximum Gasteiger partial charge on any atom is 0.271 e. The van der Waals surface area contributed by atoms with Crippen molar-refractivity contribution in [2.45, 2.75) is 13.8 Å². The van der Waals surface area contributed by atoms with E-state index in [1.807, 2.05) is 6.92 Å². The van der Waals surface area contributed by atoms with Crippen molar-refractivity contribution >= 4 is 35.3 Å². The summed E-state index contributed by atoms with van der Waals surface area (Å²) in [4.78, 5) is 23.2. The summed E-state index contributed by atoms with van der Waals surface area (Å²) in [5, 5.41) is 7.01. The van der Waals surface area contributed by atoms with E-state index in [0.717, 1.165) is 5.56 Å². The van der Waals surface area contributed by atoms with Crippen molar-refractivity contribution in [3.63, 3.8) is 0 Å². The average molecular weight is 360 g/mol. The first kappa shape index (κ1) is 18.5. The molecule has 0 aromatic heterocycles. The largest absolute Gasteiger partial charge is 0.492 e. The molecule has 0 atom stereocenters. The summed E-state index contributed by atoms with van der Waals surface area (Å²) in [5.41, 5.74) is 4.08. The second kappa shape index (κ2) is 8.84. The zero-order chi connectivity index (χ0) is 18.2. The number of nitrogens with one attached hydrogen (secondary N) is 2. The van der Waals surface area contributed by atoms with Gasteiger partial charge in [-0.15, -0.1) is 0 Å². The number of ether oxygens (including phenoxy) is 1. The van der Waals surface area contributed by atoms with E-state index in [9.17, 15) is 9.59 Å². The Hall–Kier alpha value is -2.86. The fraction of sp³-hybridized carbons (Fsp3) is 0.167. The van der Waals surface area contributed by atoms with Gasteiger partial charge < -0.3 is 10.1 Å². The van der Waals surface area contributed by atoms with Gasteiger partial charge >= 0.3 is 0 Å². The number of nitrogens with zero attached hydrogens (tertiary/aromatic N) is 1. The minimum atomic E-state index is -0.388. The Labute approximate surface area is 150 Å². The lowest BCUT2D eigenvalue weighted by molar-refractivity contribution is -0.114. The third kappa shape index (κ3) is 5.61. The molecule has 25 heavy (non-hydrogen) atoms. The van der Waals surface area contributed by atoms with E-state index in [4.69, 9.17) is 16.3 Å². The smallest absolute Gasteiger partial charge is 0.271 e. The van der Waals surface area contributed by atoms with E-state index in [1.165, 1.54) is 13.1 Å². The van der Waals surface area contributed by atoms with Crippen LogP contribution < -0.4 is 15.5 Å². The molecule has 2 N–H and O–H groups in total. The molecule has 0 aliphatic heterocycles. The lowest BCUT2D eigenvalue weighted by Gasteiger charge is -2.06. The minimum Gasteiger partial charge on any atom is -0.492 e. The van der Waals surface area contributed by atoms with E-state index >= 15 is 0 Å². The van der Waals surface area contributed by atoms with E-state index < -0.39 is 0 Å². The molecule has 2 aromatic rings. The Morgan fingerprint density at radius 1 is 1.24 bits per heavy atom. The van der Waals surface area contributed by atoms with Crippen LogP contribution in [0.1, 0.15) is 29.8 Å². The molecule has 6 nitrogen and oxygen atoms in total. The zero-order valence-corrected chi connectivity index (χ0v) is 14.6. The van der Waals surface area contributed by atoms with Gasteiger partial charge in [-0.1, -0.05) is 17.7 Å². The molecule has 0 fully saturated rings. The summed E-state index contributed by atoms with van der Waals surface area (Å²) in [5.74, 6) is 0.00332. The third-order valence-electron chi connectivity index (χ3n) is 3.08. The molecule has 0 aliphatic rings. The quantitative estimate of drug-likeness (QED) is 0.612. The maximum atomic E-state index is 12.1. The van der Waals surface area contributed by atoms with Crippen LogP contribution in [-0.4, -0.2) is 24.6 Å². The van der Waals surface area contributed by atoms with Crippen molar-refractivity contribution in [2.24, 2.45) is 5.10 Å². The van der Waals surface area contributed by atoms with Crippen LogP contribution in [0.2, 0.25) is 5.02 Å². The lowest BCUT2D eigenvalue weighted by atomic mass is 10.2. The number of anilines is 1. The number of rotatable bonds is 6. The number of hydrazone groups is 1. The topological polar surface area (TPSA) is 79.8 Å². The monoisotopic (exact) mass is 359 g/mol. The first-order chi connectivity index (χ1) is 12.0. The number of carbonyl (C=O) groups excluding carboxylic acids is 2. The molecule has 0 unspecified atom stereocenters. The van der Waals surface area contributed by atoms with E-state index in [-0.39, 0.29) is 11.8 Å². The summed E-state index contributed by atoms with van der Waals surface area (Å²) in [6.45, 7) is 3.81. The highest BCUT2D eigenvalue weighted by atomic mass is 35.5. The fourth-order valence-corrected chi connectivity index (χ4v) is 2.28. The van der Waals surface area contributed by atoms with Gasteiger partial charge in [-0.25, -0.2) is 5.43 Å². The van der Waals surface area contributed by atoms with Crippen LogP contribution in [0, 0.1) is 0 Å². The number of hydrogen-bond acceptors (Lipinski definition) is 4. The average Bonchev–Trinajstić information content (AvgIpc) is 2.57. The SMILES string of the molecule is CCOc1ccc(/C=N\NC(=O)c2cccc(NC(C)=O)c2)cc1Cl. The van der Waals surface area contributed by atoms with Crippen molar-refractivity contribution in [2.75, 3.05) is 11.9 Å². The number of halogens is 1. The van der Waals surface area contributed by atoms with E-state index in [1.54, 1.807) is 42.5 Å². The van der Waals surface area contributed by atoms with Gasteiger partial charge in [0.15, 0.2) is 0 Å². The van der Waals surface area contributed by atoms with Gasteiger partial charge in [0.25, 0.3) is 5.91 Å². The van der Waals surface area contributed by atoms with Gasteiger partial charge in [0, 0.05) is 18.2 Å². The molecule has 130 valence electrons. The second-order valence-electron chi connectivity index (χ2n) is 5.08. The number of hydrogen-bond donors (Lipinski definition) is 2. The summed E-state index contributed by atoms with van der Waals surface area (Å²) in [7, 11) is 0. The molecule has 2 amide bonds. The number of amides is 2. The molecular weight excluding hydrogens is 342 g/mol. The highest BCUT2D eigenvalue weighted by Gasteiger charge is 2.06. The van der Waals surface area contributed by atoms with Crippen molar-refractivity contribution in [3.05, 3.63) is 58.6 Å². The van der Waals surface area contributed by atoms with Crippen molar-refractivity contribution in [1.29, 1.82) is 0 Å². The minimum absolute atomic E-state index is 0.206. The number of carbonyl (C=O) groups is 2. The molecular formula is C18H18ClN3O3. The highest BCUT2D eigenvalue weighted by molar-refractivity contribution is 6.32. The van der Waals surface area contributed by atoms with Gasteiger partial charge in [0.05, 0.1) is 17.8 Å². The maximum absolute atomic E-state index is 12.1. The number of benzene rings is 2. The fourth-order valence-electron chi connectivity index (χ4n) is 2.04. The molecule has 2 aromatic carbocycles. The van der Waals surface area contributed by atoms with Gasteiger partial charge in [0.1, 0.15) is 5.75 Å². The predicted octanol–water partition coefficient (Wildman–Crippen LogP) is 3.46.